The number of sulfonamides is 1. The SMILES string of the molecule is COCCN1C(=O)N(C2NC(C)NS2)C2CC(S(=O)(=O)NC3(CF)CC3)CCC21. The van der Waals surface area contributed by atoms with Crippen molar-refractivity contribution in [2.75, 3.05) is 26.9 Å². The van der Waals surface area contributed by atoms with Gasteiger partial charge in [-0.05, 0) is 51.0 Å². The number of alkyl halides is 1. The summed E-state index contributed by atoms with van der Waals surface area (Å²) in [5.41, 5.74) is -1.15. The van der Waals surface area contributed by atoms with Gasteiger partial charge in [-0.1, -0.05) is 0 Å². The molecule has 9 nitrogen and oxygen atoms in total. The minimum absolute atomic E-state index is 0.0431. The van der Waals surface area contributed by atoms with Gasteiger partial charge < -0.3 is 9.64 Å². The van der Waals surface area contributed by atoms with Crippen LogP contribution >= 0.6 is 11.9 Å². The summed E-state index contributed by atoms with van der Waals surface area (Å²) in [6.07, 6.45) is 2.55. The first kappa shape index (κ1) is 21.6. The van der Waals surface area contributed by atoms with E-state index in [0.29, 0.717) is 45.3 Å². The highest BCUT2D eigenvalue weighted by molar-refractivity contribution is 7.98. The highest BCUT2D eigenvalue weighted by Crippen LogP contribution is 2.41. The molecular formula is C17H30FN5O4S2. The number of rotatable bonds is 8. The molecule has 2 aliphatic carbocycles. The monoisotopic (exact) mass is 451 g/mol. The van der Waals surface area contributed by atoms with Gasteiger partial charge in [-0.3, -0.25) is 10.2 Å². The Labute approximate surface area is 175 Å². The average Bonchev–Trinajstić information content (AvgIpc) is 3.23. The Morgan fingerprint density at radius 3 is 2.69 bits per heavy atom. The van der Waals surface area contributed by atoms with Crippen molar-refractivity contribution in [3.63, 3.8) is 0 Å². The lowest BCUT2D eigenvalue weighted by Crippen LogP contribution is -2.53. The van der Waals surface area contributed by atoms with Crippen molar-refractivity contribution in [3.05, 3.63) is 0 Å². The summed E-state index contributed by atoms with van der Waals surface area (Å²) in [5, 5.41) is 2.71. The molecule has 12 heteroatoms. The largest absolute Gasteiger partial charge is 0.383 e. The quantitative estimate of drug-likeness (QED) is 0.463. The molecule has 2 saturated carbocycles. The Morgan fingerprint density at radius 1 is 1.34 bits per heavy atom. The van der Waals surface area contributed by atoms with Gasteiger partial charge in [0.05, 0.1) is 35.6 Å². The summed E-state index contributed by atoms with van der Waals surface area (Å²) < 4.78 is 50.2. The van der Waals surface area contributed by atoms with Crippen molar-refractivity contribution in [1.82, 2.24) is 24.6 Å². The molecule has 3 N–H and O–H groups in total. The van der Waals surface area contributed by atoms with Gasteiger partial charge in [0, 0.05) is 13.7 Å². The van der Waals surface area contributed by atoms with Crippen LogP contribution in [0.25, 0.3) is 0 Å². The van der Waals surface area contributed by atoms with Crippen molar-refractivity contribution in [1.29, 1.82) is 0 Å². The molecule has 0 bridgehead atoms. The van der Waals surface area contributed by atoms with Gasteiger partial charge in [-0.2, -0.15) is 0 Å². The van der Waals surface area contributed by atoms with Gasteiger partial charge >= 0.3 is 6.03 Å². The standard InChI is InChI=1S/C17H30FN5O4S2/c1-11-19-15(28-20-11)23-14-9-12(29(25,26)21-17(10-18)5-6-17)3-4-13(14)22(16(23)24)7-8-27-2/h11-15,19-21H,3-10H2,1-2H3. The number of carbonyl (C=O) groups excluding carboxylic acids is 1. The molecule has 2 heterocycles. The van der Waals surface area contributed by atoms with E-state index >= 15 is 0 Å². The third-order valence-corrected chi connectivity index (χ3v) is 9.50. The van der Waals surface area contributed by atoms with Crippen molar-refractivity contribution < 1.29 is 22.3 Å². The van der Waals surface area contributed by atoms with E-state index in [4.69, 9.17) is 4.74 Å². The normalized spacial score (nSPS) is 36.5. The number of nitrogens with one attached hydrogen (secondary N) is 3. The summed E-state index contributed by atoms with van der Waals surface area (Å²) >= 11 is 1.44. The minimum atomic E-state index is -3.65. The van der Waals surface area contributed by atoms with E-state index in [0.717, 1.165) is 0 Å². The smallest absolute Gasteiger partial charge is 0.322 e. The van der Waals surface area contributed by atoms with Gasteiger partial charge in [0.2, 0.25) is 10.0 Å². The summed E-state index contributed by atoms with van der Waals surface area (Å²) in [5.74, 6) is 0. The maximum absolute atomic E-state index is 13.3. The van der Waals surface area contributed by atoms with E-state index in [1.807, 2.05) is 11.8 Å². The molecule has 4 rings (SSSR count). The van der Waals surface area contributed by atoms with Crippen LogP contribution in [0.3, 0.4) is 0 Å². The van der Waals surface area contributed by atoms with Crippen LogP contribution in [0.4, 0.5) is 9.18 Å². The van der Waals surface area contributed by atoms with E-state index in [-0.39, 0.29) is 29.8 Å². The molecule has 29 heavy (non-hydrogen) atoms. The number of amides is 2. The summed E-state index contributed by atoms with van der Waals surface area (Å²) in [6, 6.07) is -0.350. The zero-order valence-corrected chi connectivity index (χ0v) is 18.4. The predicted molar refractivity (Wildman–Crippen MR) is 108 cm³/mol. The first-order chi connectivity index (χ1) is 13.8. The Bertz CT molecular complexity index is 737. The second kappa shape index (κ2) is 8.12. The van der Waals surface area contributed by atoms with E-state index in [1.165, 1.54) is 11.9 Å². The second-order valence-corrected chi connectivity index (χ2v) is 11.4. The van der Waals surface area contributed by atoms with Gasteiger partial charge in [-0.15, -0.1) is 0 Å². The predicted octanol–water partition coefficient (Wildman–Crippen LogP) is 0.552. The summed E-state index contributed by atoms with van der Waals surface area (Å²) in [4.78, 5) is 16.8. The van der Waals surface area contributed by atoms with E-state index in [9.17, 15) is 17.6 Å². The van der Waals surface area contributed by atoms with Gasteiger partial charge in [0.25, 0.3) is 0 Å². The fourth-order valence-electron chi connectivity index (χ4n) is 4.58. The molecule has 2 amide bonds. The van der Waals surface area contributed by atoms with Crippen LogP contribution in [-0.4, -0.2) is 85.7 Å². The van der Waals surface area contributed by atoms with Crippen LogP contribution in [-0.2, 0) is 14.8 Å². The molecule has 0 aromatic rings. The third kappa shape index (κ3) is 4.11. The molecular weight excluding hydrogens is 421 g/mol. The minimum Gasteiger partial charge on any atom is -0.383 e. The Balaban J connectivity index is 1.53. The van der Waals surface area contributed by atoms with Crippen LogP contribution in [0.15, 0.2) is 0 Å². The molecule has 2 aliphatic heterocycles. The lowest BCUT2D eigenvalue weighted by Gasteiger charge is -2.37. The maximum atomic E-state index is 13.3. The maximum Gasteiger partial charge on any atom is 0.322 e. The Morgan fingerprint density at radius 2 is 2.10 bits per heavy atom. The fourth-order valence-corrected chi connectivity index (χ4v) is 7.54. The molecule has 0 aromatic heterocycles. The number of hydrogen-bond donors (Lipinski definition) is 3. The number of urea groups is 1. The Hall–Kier alpha value is -0.660. The summed E-state index contributed by atoms with van der Waals surface area (Å²) in [7, 11) is -2.05. The number of ether oxygens (including phenoxy) is 1. The zero-order chi connectivity index (χ0) is 20.8. The average molecular weight is 452 g/mol. The number of hydrogen-bond acceptors (Lipinski definition) is 7. The molecule has 4 fully saturated rings. The van der Waals surface area contributed by atoms with Crippen molar-refractivity contribution in [2.24, 2.45) is 0 Å². The molecule has 0 spiro atoms. The van der Waals surface area contributed by atoms with Crippen molar-refractivity contribution in [3.8, 4) is 0 Å². The fraction of sp³-hybridized carbons (Fsp3) is 0.941. The zero-order valence-electron chi connectivity index (χ0n) is 16.8. The molecule has 4 aliphatic rings. The molecule has 5 unspecified atom stereocenters. The van der Waals surface area contributed by atoms with Crippen LogP contribution in [0.5, 0.6) is 0 Å². The van der Waals surface area contributed by atoms with E-state index < -0.39 is 27.5 Å². The van der Waals surface area contributed by atoms with E-state index in [1.54, 1.807) is 12.0 Å². The number of fused-ring (bicyclic) bond motifs is 1. The lowest BCUT2D eigenvalue weighted by molar-refractivity contribution is 0.136. The molecule has 166 valence electrons. The lowest BCUT2D eigenvalue weighted by atomic mass is 9.90. The van der Waals surface area contributed by atoms with Gasteiger partial charge in [-0.25, -0.2) is 27.0 Å². The summed E-state index contributed by atoms with van der Waals surface area (Å²) in [6.45, 7) is 2.21. The first-order valence-corrected chi connectivity index (χ1v) is 12.6. The number of halogens is 1. The number of methoxy groups -OCH3 is 1. The van der Waals surface area contributed by atoms with Crippen LogP contribution in [0.2, 0.25) is 0 Å². The molecule has 5 atom stereocenters. The topological polar surface area (TPSA) is 103 Å². The molecule has 0 radical (unpaired) electrons. The third-order valence-electron chi connectivity index (χ3n) is 6.40. The first-order valence-electron chi connectivity index (χ1n) is 10.1. The van der Waals surface area contributed by atoms with Gasteiger partial charge in [0.15, 0.2) is 0 Å². The van der Waals surface area contributed by atoms with Gasteiger partial charge in [0.1, 0.15) is 12.2 Å². The Kier molecular flexibility index (Phi) is 6.04. The second-order valence-electron chi connectivity index (χ2n) is 8.48. The number of carbonyl (C=O) groups is 1. The highest BCUT2D eigenvalue weighted by Gasteiger charge is 2.55. The van der Waals surface area contributed by atoms with E-state index in [2.05, 4.69) is 14.8 Å². The van der Waals surface area contributed by atoms with Crippen LogP contribution in [0.1, 0.15) is 39.0 Å². The molecule has 2 saturated heterocycles. The number of nitrogens with zero attached hydrogens (tertiary/aromatic N) is 2. The highest BCUT2D eigenvalue weighted by atomic mass is 32.2. The van der Waals surface area contributed by atoms with Crippen molar-refractivity contribution in [2.45, 2.75) is 73.6 Å². The molecule has 0 aromatic carbocycles. The van der Waals surface area contributed by atoms with Crippen molar-refractivity contribution >= 4 is 28.0 Å². The van der Waals surface area contributed by atoms with Crippen LogP contribution in [0, 0.1) is 0 Å². The van der Waals surface area contributed by atoms with Crippen LogP contribution < -0.4 is 14.8 Å².